The predicted molar refractivity (Wildman–Crippen MR) is 202 cm³/mol. The molecule has 0 radical (unpaired) electrons. The lowest BCUT2D eigenvalue weighted by Crippen LogP contribution is -2.34. The molecule has 0 amide bonds. The first-order valence-corrected chi connectivity index (χ1v) is 19.2. The molecule has 51 heavy (non-hydrogen) atoms. The second-order valence-electron chi connectivity index (χ2n) is 13.0. The number of rotatable bonds is 28. The number of esters is 1. The van der Waals surface area contributed by atoms with Gasteiger partial charge in [-0.25, -0.2) is 0 Å². The number of hydrogen-bond acceptors (Lipinski definition) is 12. The molecule has 0 saturated carbocycles. The van der Waals surface area contributed by atoms with Crippen molar-refractivity contribution in [1.29, 1.82) is 10.5 Å². The first-order chi connectivity index (χ1) is 24.7. The monoisotopic (exact) mass is 725 g/mol. The van der Waals surface area contributed by atoms with Gasteiger partial charge in [-0.1, -0.05) is 58.8 Å². The van der Waals surface area contributed by atoms with Crippen LogP contribution in [0.2, 0.25) is 0 Å². The second-order valence-corrected chi connectivity index (χ2v) is 14.0. The summed E-state index contributed by atoms with van der Waals surface area (Å²) in [7, 11) is 0. The van der Waals surface area contributed by atoms with Crippen LogP contribution in [0.25, 0.3) is 0 Å². The van der Waals surface area contributed by atoms with Gasteiger partial charge < -0.3 is 28.6 Å². The third kappa shape index (κ3) is 17.6. The van der Waals surface area contributed by atoms with E-state index in [1.165, 1.54) is 49.9 Å². The Morgan fingerprint density at radius 2 is 1.43 bits per heavy atom. The average Bonchev–Trinajstić information content (AvgIpc) is 3.42. The number of aryl methyl sites for hydroxylation is 1. The third-order valence-electron chi connectivity index (χ3n) is 8.37. The average molecular weight is 726 g/mol. The van der Waals surface area contributed by atoms with Crippen molar-refractivity contribution in [2.24, 2.45) is 16.1 Å². The third-order valence-corrected chi connectivity index (χ3v) is 9.46. The van der Waals surface area contributed by atoms with Crippen LogP contribution >= 0.6 is 11.3 Å². The van der Waals surface area contributed by atoms with Crippen molar-refractivity contribution in [2.75, 3.05) is 70.9 Å². The Morgan fingerprint density at radius 1 is 0.824 bits per heavy atom. The lowest BCUT2D eigenvalue weighted by molar-refractivity contribution is -0.146. The van der Waals surface area contributed by atoms with Crippen LogP contribution in [-0.2, 0) is 28.5 Å². The van der Waals surface area contributed by atoms with Gasteiger partial charge >= 0.3 is 5.97 Å². The maximum atomic E-state index is 12.0. The summed E-state index contributed by atoms with van der Waals surface area (Å²) in [6.07, 6.45) is 9.17. The molecule has 1 aromatic carbocycles. The van der Waals surface area contributed by atoms with Gasteiger partial charge in [-0.15, -0.1) is 21.6 Å². The summed E-state index contributed by atoms with van der Waals surface area (Å²) >= 11 is 1.18. The number of benzene rings is 1. The molecule has 0 aliphatic carbocycles. The standard InChI is InChI=1S/C39H59N5O6S/c1-7-8-9-10-11-12-13-31(4)26-38(45)50-25-24-49-23-22-48-21-20-47-19-18-46-17-16-44(30(2)3)34-14-15-36(32(5)27-34)42-43-39-35(28-40)33(6)37(29-41)51-39/h14-15,27,30-31H,7-13,16-26H2,1-6H3. The second kappa shape index (κ2) is 26.4. The molecule has 12 heteroatoms. The minimum Gasteiger partial charge on any atom is -0.463 e. The van der Waals surface area contributed by atoms with Crippen molar-refractivity contribution in [2.45, 2.75) is 99.0 Å². The Balaban J connectivity index is 1.52. The zero-order chi connectivity index (χ0) is 37.3. The number of azo groups is 1. The number of carbonyl (C=O) groups excluding carboxylic acids is 1. The zero-order valence-electron chi connectivity index (χ0n) is 31.7. The van der Waals surface area contributed by atoms with Crippen LogP contribution in [0.4, 0.5) is 16.4 Å². The Labute approximate surface area is 309 Å². The minimum atomic E-state index is -0.146. The van der Waals surface area contributed by atoms with E-state index >= 15 is 0 Å². The van der Waals surface area contributed by atoms with Gasteiger partial charge in [0.25, 0.3) is 0 Å². The van der Waals surface area contributed by atoms with E-state index in [1.54, 1.807) is 6.92 Å². The number of nitriles is 2. The van der Waals surface area contributed by atoms with Gasteiger partial charge in [-0.3, -0.25) is 4.79 Å². The summed E-state index contributed by atoms with van der Waals surface area (Å²) in [6.45, 7) is 17.1. The van der Waals surface area contributed by atoms with Gasteiger partial charge in [0.15, 0.2) is 5.00 Å². The van der Waals surface area contributed by atoms with Crippen LogP contribution in [0.1, 0.15) is 101 Å². The largest absolute Gasteiger partial charge is 0.463 e. The van der Waals surface area contributed by atoms with E-state index in [2.05, 4.69) is 61.0 Å². The number of carbonyl (C=O) groups is 1. The highest BCUT2D eigenvalue weighted by Gasteiger charge is 2.16. The smallest absolute Gasteiger partial charge is 0.306 e. The fourth-order valence-electron chi connectivity index (χ4n) is 5.38. The van der Waals surface area contributed by atoms with Crippen LogP contribution in [0.15, 0.2) is 28.4 Å². The SMILES string of the molecule is CCCCCCCCC(C)CC(=O)OCCOCCOCCOCCOCCN(c1ccc(N=Nc2sc(C#N)c(C)c2C#N)c(C)c1)C(C)C. The number of nitrogens with zero attached hydrogens (tertiary/aromatic N) is 5. The molecule has 0 aliphatic rings. The molecule has 0 N–H and O–H groups in total. The molecular weight excluding hydrogens is 667 g/mol. The van der Waals surface area contributed by atoms with E-state index in [9.17, 15) is 15.3 Å². The van der Waals surface area contributed by atoms with E-state index in [0.29, 0.717) is 91.9 Å². The van der Waals surface area contributed by atoms with Crippen LogP contribution in [-0.4, -0.2) is 78.0 Å². The molecule has 0 bridgehead atoms. The quantitative estimate of drug-likeness (QED) is 0.0477. The summed E-state index contributed by atoms with van der Waals surface area (Å²) in [5, 5.41) is 27.9. The topological polar surface area (TPSA) is 139 Å². The Morgan fingerprint density at radius 3 is 2.02 bits per heavy atom. The Kier molecular flexibility index (Phi) is 22.7. The summed E-state index contributed by atoms with van der Waals surface area (Å²) in [5.41, 5.74) is 3.76. The Hall–Kier alpha value is -3.39. The van der Waals surface area contributed by atoms with E-state index in [4.69, 9.17) is 23.7 Å². The molecule has 1 atom stereocenters. The maximum absolute atomic E-state index is 12.0. The number of ether oxygens (including phenoxy) is 5. The first kappa shape index (κ1) is 43.8. The lowest BCUT2D eigenvalue weighted by atomic mass is 9.99. The van der Waals surface area contributed by atoms with Crippen LogP contribution < -0.4 is 4.90 Å². The van der Waals surface area contributed by atoms with Crippen molar-refractivity contribution >= 4 is 33.7 Å². The van der Waals surface area contributed by atoms with Gasteiger partial charge in [0.1, 0.15) is 23.6 Å². The summed E-state index contributed by atoms with van der Waals surface area (Å²) in [6, 6.07) is 10.5. The molecular formula is C39H59N5O6S. The van der Waals surface area contributed by atoms with E-state index in [1.807, 2.05) is 19.1 Å². The van der Waals surface area contributed by atoms with E-state index in [-0.39, 0.29) is 18.6 Å². The molecule has 1 heterocycles. The minimum absolute atomic E-state index is 0.146. The van der Waals surface area contributed by atoms with E-state index in [0.717, 1.165) is 24.2 Å². The normalized spacial score (nSPS) is 11.9. The number of anilines is 1. The van der Waals surface area contributed by atoms with Gasteiger partial charge in [-0.05, 0) is 62.9 Å². The fraction of sp³-hybridized carbons (Fsp3) is 0.667. The van der Waals surface area contributed by atoms with Crippen molar-refractivity contribution in [1.82, 2.24) is 0 Å². The number of hydrogen-bond donors (Lipinski definition) is 0. The molecule has 0 aliphatic heterocycles. The van der Waals surface area contributed by atoms with Crippen molar-refractivity contribution in [3.05, 3.63) is 39.8 Å². The van der Waals surface area contributed by atoms with Gasteiger partial charge in [-0.2, -0.15) is 10.5 Å². The first-order valence-electron chi connectivity index (χ1n) is 18.4. The fourth-order valence-corrected chi connectivity index (χ4v) is 6.26. The molecule has 11 nitrogen and oxygen atoms in total. The van der Waals surface area contributed by atoms with Gasteiger partial charge in [0, 0.05) is 24.7 Å². The summed E-state index contributed by atoms with van der Waals surface area (Å²) in [4.78, 5) is 14.8. The van der Waals surface area contributed by atoms with Crippen molar-refractivity contribution in [3.63, 3.8) is 0 Å². The molecule has 1 unspecified atom stereocenters. The lowest BCUT2D eigenvalue weighted by Gasteiger charge is -2.29. The van der Waals surface area contributed by atoms with Gasteiger partial charge in [0.05, 0.1) is 64.1 Å². The molecule has 0 fully saturated rings. The van der Waals surface area contributed by atoms with Crippen LogP contribution in [0.3, 0.4) is 0 Å². The molecule has 2 aromatic rings. The zero-order valence-corrected chi connectivity index (χ0v) is 32.5. The number of unbranched alkanes of at least 4 members (excludes halogenated alkanes) is 5. The number of thiophene rings is 1. The van der Waals surface area contributed by atoms with Gasteiger partial charge in [0.2, 0.25) is 0 Å². The van der Waals surface area contributed by atoms with Crippen LogP contribution in [0.5, 0.6) is 0 Å². The highest BCUT2D eigenvalue weighted by atomic mass is 32.1. The molecule has 282 valence electrons. The molecule has 2 rings (SSSR count). The highest BCUT2D eigenvalue weighted by Crippen LogP contribution is 2.36. The van der Waals surface area contributed by atoms with Crippen LogP contribution in [0, 0.1) is 42.4 Å². The van der Waals surface area contributed by atoms with E-state index < -0.39 is 0 Å². The maximum Gasteiger partial charge on any atom is 0.306 e. The molecule has 1 aromatic heterocycles. The molecule has 0 saturated heterocycles. The summed E-state index contributed by atoms with van der Waals surface area (Å²) in [5.74, 6) is 0.213. The summed E-state index contributed by atoms with van der Waals surface area (Å²) < 4.78 is 27.8. The Bertz CT molecular complexity index is 1400. The highest BCUT2D eigenvalue weighted by molar-refractivity contribution is 7.16. The van der Waals surface area contributed by atoms with Crippen molar-refractivity contribution in [3.8, 4) is 12.1 Å². The molecule has 0 spiro atoms. The predicted octanol–water partition coefficient (Wildman–Crippen LogP) is 9.12. The van der Waals surface area contributed by atoms with Crippen molar-refractivity contribution < 1.29 is 28.5 Å².